The number of halogens is 6. The second-order valence-electron chi connectivity index (χ2n) is 8.40. The van der Waals surface area contributed by atoms with Gasteiger partial charge in [0.1, 0.15) is 11.6 Å². The molecule has 0 spiro atoms. The molecule has 1 aliphatic rings. The number of benzene rings is 3. The van der Waals surface area contributed by atoms with Crippen molar-refractivity contribution < 1.29 is 31.4 Å². The highest BCUT2D eigenvalue weighted by molar-refractivity contribution is 5.89. The number of rotatable bonds is 6. The minimum absolute atomic E-state index is 0.00198. The van der Waals surface area contributed by atoms with Gasteiger partial charge in [0.05, 0.1) is 11.1 Å². The molecule has 0 aromatic heterocycles. The highest BCUT2D eigenvalue weighted by Gasteiger charge is 2.31. The molecule has 0 fully saturated rings. The number of hydrogen-bond donors (Lipinski definition) is 1. The van der Waals surface area contributed by atoms with Gasteiger partial charge in [-0.2, -0.15) is 13.2 Å². The van der Waals surface area contributed by atoms with Crippen molar-refractivity contribution in [3.63, 3.8) is 0 Å². The summed E-state index contributed by atoms with van der Waals surface area (Å²) in [5.74, 6) is -1.62. The normalized spacial score (nSPS) is 15.2. The summed E-state index contributed by atoms with van der Waals surface area (Å²) in [6.07, 6.45) is -1.41. The van der Waals surface area contributed by atoms with Crippen LogP contribution in [0.2, 0.25) is 0 Å². The molecule has 0 radical (unpaired) electrons. The number of phenols is 1. The van der Waals surface area contributed by atoms with Gasteiger partial charge >= 0.3 is 6.18 Å². The van der Waals surface area contributed by atoms with Crippen LogP contribution in [0.5, 0.6) is 5.75 Å². The largest absolute Gasteiger partial charge is 0.507 e. The fourth-order valence-corrected chi connectivity index (χ4v) is 4.37. The van der Waals surface area contributed by atoms with E-state index < -0.39 is 35.5 Å². The number of aromatic hydroxyl groups is 1. The van der Waals surface area contributed by atoms with E-state index in [1.807, 2.05) is 18.2 Å². The van der Waals surface area contributed by atoms with Crippen molar-refractivity contribution >= 4 is 10.8 Å². The van der Waals surface area contributed by atoms with Crippen molar-refractivity contribution in [2.75, 3.05) is 0 Å². The van der Waals surface area contributed by atoms with Crippen molar-refractivity contribution in [3.05, 3.63) is 113 Å². The lowest BCUT2D eigenvalue weighted by molar-refractivity contribution is -0.0883. The van der Waals surface area contributed by atoms with Crippen LogP contribution in [0.3, 0.4) is 0 Å². The lowest BCUT2D eigenvalue weighted by atomic mass is 9.84. The summed E-state index contributed by atoms with van der Waals surface area (Å²) in [5.41, 5.74) is 0.105. The van der Waals surface area contributed by atoms with Gasteiger partial charge in [0.2, 0.25) is 0 Å². The molecule has 7 heteroatoms. The van der Waals surface area contributed by atoms with Crippen LogP contribution in [-0.2, 0) is 0 Å². The number of phenolic OH excluding ortho intramolecular Hbond substituents is 1. The number of allylic oxidation sites excluding steroid dienone is 6. The van der Waals surface area contributed by atoms with Crippen LogP contribution in [0, 0.1) is 5.82 Å². The van der Waals surface area contributed by atoms with Crippen LogP contribution < -0.4 is 0 Å². The van der Waals surface area contributed by atoms with Gasteiger partial charge in [0.15, 0.2) is 0 Å². The minimum atomic E-state index is -4.44. The Kier molecular flexibility index (Phi) is 7.05. The number of hydrogen-bond acceptors (Lipinski definition) is 1. The van der Waals surface area contributed by atoms with E-state index in [1.165, 1.54) is 12.1 Å². The van der Waals surface area contributed by atoms with E-state index in [0.717, 1.165) is 29.7 Å². The number of fused-ring (bicyclic) bond motifs is 1. The Morgan fingerprint density at radius 3 is 2.34 bits per heavy atom. The maximum absolute atomic E-state index is 14.5. The quantitative estimate of drug-likeness (QED) is 0.344. The van der Waals surface area contributed by atoms with Gasteiger partial charge < -0.3 is 5.11 Å². The third kappa shape index (κ3) is 5.45. The average molecular weight is 488 g/mol. The molecule has 1 unspecified atom stereocenters. The van der Waals surface area contributed by atoms with E-state index in [0.29, 0.717) is 34.9 Å². The summed E-state index contributed by atoms with van der Waals surface area (Å²) in [7, 11) is 0. The molecule has 182 valence electrons. The average Bonchev–Trinajstić information content (AvgIpc) is 3.06. The maximum Gasteiger partial charge on any atom is 0.416 e. The summed E-state index contributed by atoms with van der Waals surface area (Å²) in [6, 6.07) is 14.2. The van der Waals surface area contributed by atoms with E-state index in [9.17, 15) is 31.4 Å². The van der Waals surface area contributed by atoms with Gasteiger partial charge in [0.25, 0.3) is 6.43 Å². The summed E-state index contributed by atoms with van der Waals surface area (Å²) >= 11 is 0. The first kappa shape index (κ1) is 24.6. The monoisotopic (exact) mass is 488 g/mol. The minimum Gasteiger partial charge on any atom is -0.507 e. The van der Waals surface area contributed by atoms with E-state index >= 15 is 0 Å². The fourth-order valence-electron chi connectivity index (χ4n) is 4.37. The zero-order valence-corrected chi connectivity index (χ0v) is 18.5. The van der Waals surface area contributed by atoms with Crippen LogP contribution in [0.1, 0.15) is 48.3 Å². The second kappa shape index (κ2) is 10.0. The lowest BCUT2D eigenvalue weighted by Crippen LogP contribution is -2.09. The molecular formula is C28H22F6O. The first-order chi connectivity index (χ1) is 16.6. The first-order valence-corrected chi connectivity index (χ1v) is 11.1. The molecule has 35 heavy (non-hydrogen) atoms. The molecule has 0 heterocycles. The third-order valence-electron chi connectivity index (χ3n) is 6.21. The molecule has 0 amide bonds. The zero-order chi connectivity index (χ0) is 25.2. The Morgan fingerprint density at radius 2 is 1.63 bits per heavy atom. The number of alkyl halides is 5. The van der Waals surface area contributed by atoms with E-state index in [1.54, 1.807) is 24.3 Å². The third-order valence-corrected chi connectivity index (χ3v) is 6.21. The molecular weight excluding hydrogens is 466 g/mol. The molecule has 1 aliphatic carbocycles. The van der Waals surface area contributed by atoms with Gasteiger partial charge in [-0.25, -0.2) is 13.2 Å². The molecule has 3 aromatic rings. The van der Waals surface area contributed by atoms with Crippen molar-refractivity contribution in [3.8, 4) is 5.75 Å². The van der Waals surface area contributed by atoms with Gasteiger partial charge in [0, 0.05) is 16.9 Å². The SMILES string of the molecule is Oc1c(C(CCC2=CCC=C(C(F)(F)F)C=C2)c2ccc(C(F)F)c(F)c2)ccc2ccccc12. The highest BCUT2D eigenvalue weighted by Crippen LogP contribution is 2.41. The van der Waals surface area contributed by atoms with Gasteiger partial charge in [-0.1, -0.05) is 78.4 Å². The fraction of sp³-hybridized carbons (Fsp3) is 0.214. The molecule has 3 aromatic carbocycles. The standard InChI is InChI=1S/C28H22F6O/c29-25-16-19(11-15-24(25)27(30)31)21(23-14-10-18-5-1-2-7-22(18)26(23)35)13-9-17-4-3-6-20(12-8-17)28(32,33)34/h1-2,4-8,10-12,14-16,21,27,35H,3,9,13H2. The molecule has 1 nitrogen and oxygen atoms in total. The van der Waals surface area contributed by atoms with Gasteiger partial charge in [-0.3, -0.25) is 0 Å². The predicted molar refractivity (Wildman–Crippen MR) is 124 cm³/mol. The van der Waals surface area contributed by atoms with E-state index in [2.05, 4.69) is 0 Å². The smallest absolute Gasteiger partial charge is 0.416 e. The van der Waals surface area contributed by atoms with Crippen LogP contribution in [0.25, 0.3) is 10.8 Å². The molecule has 1 atom stereocenters. The predicted octanol–water partition coefficient (Wildman–Crippen LogP) is 8.91. The molecule has 0 saturated heterocycles. The summed E-state index contributed by atoms with van der Waals surface area (Å²) in [5, 5.41) is 12.4. The van der Waals surface area contributed by atoms with Crippen LogP contribution in [-0.4, -0.2) is 11.3 Å². The van der Waals surface area contributed by atoms with Crippen molar-refractivity contribution in [2.24, 2.45) is 0 Å². The zero-order valence-electron chi connectivity index (χ0n) is 18.5. The first-order valence-electron chi connectivity index (χ1n) is 11.1. The lowest BCUT2D eigenvalue weighted by Gasteiger charge is -2.21. The Bertz CT molecular complexity index is 1320. The Labute approximate surface area is 198 Å². The van der Waals surface area contributed by atoms with Crippen molar-refractivity contribution in [1.29, 1.82) is 0 Å². The molecule has 4 rings (SSSR count). The molecule has 0 bridgehead atoms. The second-order valence-corrected chi connectivity index (χ2v) is 8.40. The van der Waals surface area contributed by atoms with Crippen LogP contribution in [0.15, 0.2) is 90.0 Å². The van der Waals surface area contributed by atoms with Gasteiger partial charge in [-0.15, -0.1) is 0 Å². The molecule has 1 N–H and O–H groups in total. The molecule has 0 aliphatic heterocycles. The Morgan fingerprint density at radius 1 is 0.886 bits per heavy atom. The van der Waals surface area contributed by atoms with Crippen LogP contribution >= 0.6 is 0 Å². The van der Waals surface area contributed by atoms with Crippen LogP contribution in [0.4, 0.5) is 26.3 Å². The molecule has 0 saturated carbocycles. The summed E-state index contributed by atoms with van der Waals surface area (Å²) in [4.78, 5) is 0. The maximum atomic E-state index is 14.5. The Hall–Kier alpha value is -3.48. The van der Waals surface area contributed by atoms with E-state index in [4.69, 9.17) is 0 Å². The van der Waals surface area contributed by atoms with E-state index in [-0.39, 0.29) is 12.2 Å². The summed E-state index contributed by atoms with van der Waals surface area (Å²) in [6.45, 7) is 0. The van der Waals surface area contributed by atoms with Crippen molar-refractivity contribution in [1.82, 2.24) is 0 Å². The Balaban J connectivity index is 1.69. The topological polar surface area (TPSA) is 20.2 Å². The summed E-state index contributed by atoms with van der Waals surface area (Å²) < 4.78 is 79.8. The highest BCUT2D eigenvalue weighted by atomic mass is 19.4. The van der Waals surface area contributed by atoms with Gasteiger partial charge in [-0.05, 0) is 36.3 Å². The van der Waals surface area contributed by atoms with Crippen molar-refractivity contribution in [2.45, 2.75) is 37.8 Å².